The predicted octanol–water partition coefficient (Wildman–Crippen LogP) is 3.27. The van der Waals surface area contributed by atoms with Crippen LogP contribution in [0.4, 0.5) is 0 Å². The molecule has 0 aliphatic rings. The van der Waals surface area contributed by atoms with Crippen LogP contribution in [0.15, 0.2) is 55.1 Å². The van der Waals surface area contributed by atoms with Crippen molar-refractivity contribution in [2.45, 2.75) is 0 Å². The Hall–Kier alpha value is -3.74. The van der Waals surface area contributed by atoms with Crippen LogP contribution in [-0.4, -0.2) is 35.2 Å². The van der Waals surface area contributed by atoms with E-state index in [1.807, 2.05) is 24.3 Å². The lowest BCUT2D eigenvalue weighted by Gasteiger charge is -2.01. The maximum atomic E-state index is 9.64. The van der Waals surface area contributed by atoms with E-state index in [9.17, 15) is 5.11 Å². The second-order valence-electron chi connectivity index (χ2n) is 5.74. The van der Waals surface area contributed by atoms with Crippen molar-refractivity contribution in [1.82, 2.24) is 30.1 Å². The van der Waals surface area contributed by atoms with Gasteiger partial charge in [-0.25, -0.2) is 4.98 Å². The summed E-state index contributed by atoms with van der Waals surface area (Å²) in [5.41, 5.74) is 4.79. The minimum absolute atomic E-state index is 0.105. The first-order valence-corrected chi connectivity index (χ1v) is 7.70. The standard InChI is InChI=1S/C18H12N6O/c25-12-4-11(7-19-8-12)14-6-13-16(9-21-14)23-24-17(13)15-5-10-2-1-3-20-18(10)22-15/h1-9,25H,(H,20,22)(H,23,24). The molecule has 0 saturated carbocycles. The Morgan fingerprint density at radius 3 is 2.84 bits per heavy atom. The van der Waals surface area contributed by atoms with Gasteiger partial charge in [-0.15, -0.1) is 0 Å². The van der Waals surface area contributed by atoms with Gasteiger partial charge in [-0.2, -0.15) is 5.10 Å². The maximum absolute atomic E-state index is 9.64. The molecule has 0 aromatic carbocycles. The van der Waals surface area contributed by atoms with Crippen LogP contribution in [0.5, 0.6) is 5.75 Å². The average Bonchev–Trinajstić information content (AvgIpc) is 3.24. The molecule has 5 rings (SSSR count). The van der Waals surface area contributed by atoms with Gasteiger partial charge in [-0.1, -0.05) is 0 Å². The van der Waals surface area contributed by atoms with Gasteiger partial charge in [0.05, 0.1) is 29.3 Å². The second kappa shape index (κ2) is 5.13. The summed E-state index contributed by atoms with van der Waals surface area (Å²) in [6.45, 7) is 0. The third kappa shape index (κ3) is 2.21. The highest BCUT2D eigenvalue weighted by Crippen LogP contribution is 2.30. The van der Waals surface area contributed by atoms with Crippen LogP contribution in [0.1, 0.15) is 0 Å². The summed E-state index contributed by atoms with van der Waals surface area (Å²) in [5.74, 6) is 0.105. The van der Waals surface area contributed by atoms with E-state index in [1.165, 1.54) is 6.20 Å². The highest BCUT2D eigenvalue weighted by Gasteiger charge is 2.13. The van der Waals surface area contributed by atoms with Crippen LogP contribution in [-0.2, 0) is 0 Å². The first-order chi connectivity index (χ1) is 12.3. The Kier molecular flexibility index (Phi) is 2.81. The lowest BCUT2D eigenvalue weighted by molar-refractivity contribution is 0.473. The minimum atomic E-state index is 0.105. The average molecular weight is 328 g/mol. The Balaban J connectivity index is 1.70. The highest BCUT2D eigenvalue weighted by molar-refractivity contribution is 5.96. The van der Waals surface area contributed by atoms with Gasteiger partial charge in [0.25, 0.3) is 0 Å². The van der Waals surface area contributed by atoms with Crippen LogP contribution in [0.3, 0.4) is 0 Å². The van der Waals surface area contributed by atoms with Gasteiger partial charge in [-0.05, 0) is 30.3 Å². The van der Waals surface area contributed by atoms with Crippen molar-refractivity contribution in [3.05, 3.63) is 55.1 Å². The summed E-state index contributed by atoms with van der Waals surface area (Å²) >= 11 is 0. The van der Waals surface area contributed by atoms with Gasteiger partial charge in [0, 0.05) is 28.7 Å². The number of H-pyrrole nitrogens is 2. The number of nitrogens with one attached hydrogen (secondary N) is 2. The van der Waals surface area contributed by atoms with Crippen LogP contribution < -0.4 is 0 Å². The molecule has 0 unspecified atom stereocenters. The molecule has 0 atom stereocenters. The maximum Gasteiger partial charge on any atom is 0.137 e. The topological polar surface area (TPSA) is 103 Å². The lowest BCUT2D eigenvalue weighted by Crippen LogP contribution is -1.85. The molecule has 3 N–H and O–H groups in total. The van der Waals surface area contributed by atoms with Crippen molar-refractivity contribution in [2.75, 3.05) is 0 Å². The number of hydrogen-bond acceptors (Lipinski definition) is 5. The molecule has 0 fully saturated rings. The van der Waals surface area contributed by atoms with E-state index in [0.717, 1.165) is 38.9 Å². The Morgan fingerprint density at radius 1 is 1.00 bits per heavy atom. The van der Waals surface area contributed by atoms with Crippen molar-refractivity contribution >= 4 is 21.9 Å². The molecule has 0 radical (unpaired) electrons. The molecule has 0 bridgehead atoms. The number of aromatic nitrogens is 6. The van der Waals surface area contributed by atoms with E-state index in [4.69, 9.17) is 0 Å². The SMILES string of the molecule is Oc1cncc(-c2cc3c(-c4cc5cccnc5[nH]4)n[nH]c3cn2)c1. The fraction of sp³-hybridized carbons (Fsp3) is 0. The third-order valence-corrected chi connectivity index (χ3v) is 4.11. The molecule has 25 heavy (non-hydrogen) atoms. The zero-order valence-corrected chi connectivity index (χ0v) is 12.9. The quantitative estimate of drug-likeness (QED) is 0.461. The Labute approximate surface area is 141 Å². The molecular formula is C18H12N6O. The highest BCUT2D eigenvalue weighted by atomic mass is 16.3. The summed E-state index contributed by atoms with van der Waals surface area (Å²) in [6, 6.07) is 9.49. The molecule has 5 aromatic heterocycles. The van der Waals surface area contributed by atoms with Crippen molar-refractivity contribution < 1.29 is 5.11 Å². The smallest absolute Gasteiger partial charge is 0.137 e. The lowest BCUT2D eigenvalue weighted by atomic mass is 10.1. The second-order valence-corrected chi connectivity index (χ2v) is 5.74. The van der Waals surface area contributed by atoms with E-state index >= 15 is 0 Å². The monoisotopic (exact) mass is 328 g/mol. The molecule has 120 valence electrons. The van der Waals surface area contributed by atoms with Gasteiger partial charge in [-0.3, -0.25) is 15.1 Å². The Morgan fingerprint density at radius 2 is 1.96 bits per heavy atom. The fourth-order valence-electron chi connectivity index (χ4n) is 2.93. The van der Waals surface area contributed by atoms with Gasteiger partial charge < -0.3 is 10.1 Å². The number of nitrogens with zero attached hydrogens (tertiary/aromatic N) is 4. The number of hydrogen-bond donors (Lipinski definition) is 3. The summed E-state index contributed by atoms with van der Waals surface area (Å²) in [7, 11) is 0. The van der Waals surface area contributed by atoms with Crippen molar-refractivity contribution in [3.8, 4) is 28.4 Å². The molecule has 0 aliphatic carbocycles. The molecular weight excluding hydrogens is 316 g/mol. The van der Waals surface area contributed by atoms with Crippen LogP contribution >= 0.6 is 0 Å². The normalized spacial score (nSPS) is 11.4. The van der Waals surface area contributed by atoms with Gasteiger partial charge >= 0.3 is 0 Å². The van der Waals surface area contributed by atoms with E-state index in [2.05, 4.69) is 30.1 Å². The first-order valence-electron chi connectivity index (χ1n) is 7.70. The molecule has 5 heterocycles. The zero-order chi connectivity index (χ0) is 16.8. The minimum Gasteiger partial charge on any atom is -0.506 e. The number of pyridine rings is 3. The van der Waals surface area contributed by atoms with Crippen molar-refractivity contribution in [2.24, 2.45) is 0 Å². The molecule has 7 heteroatoms. The molecule has 0 aliphatic heterocycles. The number of fused-ring (bicyclic) bond motifs is 2. The number of aromatic amines is 2. The third-order valence-electron chi connectivity index (χ3n) is 4.11. The van der Waals surface area contributed by atoms with E-state index in [0.29, 0.717) is 5.69 Å². The largest absolute Gasteiger partial charge is 0.506 e. The number of aromatic hydroxyl groups is 1. The fourth-order valence-corrected chi connectivity index (χ4v) is 2.93. The van der Waals surface area contributed by atoms with Crippen LogP contribution in [0.2, 0.25) is 0 Å². The van der Waals surface area contributed by atoms with E-state index in [1.54, 1.807) is 24.7 Å². The van der Waals surface area contributed by atoms with E-state index < -0.39 is 0 Å². The molecule has 7 nitrogen and oxygen atoms in total. The first kappa shape index (κ1) is 13.7. The molecule has 0 saturated heterocycles. The summed E-state index contributed by atoms with van der Waals surface area (Å²) in [4.78, 5) is 16.0. The van der Waals surface area contributed by atoms with Crippen LogP contribution in [0, 0.1) is 0 Å². The summed E-state index contributed by atoms with van der Waals surface area (Å²) < 4.78 is 0. The zero-order valence-electron chi connectivity index (χ0n) is 12.9. The summed E-state index contributed by atoms with van der Waals surface area (Å²) in [6.07, 6.45) is 6.54. The summed E-state index contributed by atoms with van der Waals surface area (Å²) in [5, 5.41) is 19.0. The van der Waals surface area contributed by atoms with Crippen molar-refractivity contribution in [1.29, 1.82) is 0 Å². The Bertz CT molecular complexity index is 1190. The predicted molar refractivity (Wildman–Crippen MR) is 93.9 cm³/mol. The van der Waals surface area contributed by atoms with Gasteiger partial charge in [0.15, 0.2) is 0 Å². The van der Waals surface area contributed by atoms with Gasteiger partial charge in [0.1, 0.15) is 17.1 Å². The molecule has 5 aromatic rings. The molecule has 0 spiro atoms. The van der Waals surface area contributed by atoms with E-state index in [-0.39, 0.29) is 5.75 Å². The van der Waals surface area contributed by atoms with Crippen molar-refractivity contribution in [3.63, 3.8) is 0 Å². The number of rotatable bonds is 2. The van der Waals surface area contributed by atoms with Gasteiger partial charge in [0.2, 0.25) is 0 Å². The molecule has 0 amide bonds. The van der Waals surface area contributed by atoms with Crippen LogP contribution in [0.25, 0.3) is 44.6 Å².